The number of guanidine groups is 1. The van der Waals surface area contributed by atoms with Crippen molar-refractivity contribution in [3.63, 3.8) is 0 Å². The van der Waals surface area contributed by atoms with E-state index in [0.717, 1.165) is 24.5 Å². The third kappa shape index (κ3) is 12.2. The van der Waals surface area contributed by atoms with E-state index in [1.165, 1.54) is 11.2 Å². The molecular weight excluding hydrogens is 521 g/mol. The van der Waals surface area contributed by atoms with Crippen molar-refractivity contribution in [1.82, 2.24) is 10.6 Å². The highest BCUT2D eigenvalue weighted by molar-refractivity contribution is 14.0. The SMILES string of the molecule is CC(CCS(C)(=O)=O)NC(=NCCc1ccco1)NCCSc1ccccc1.I. The molecule has 2 N–H and O–H groups in total. The van der Waals surface area contributed by atoms with Crippen LogP contribution in [0.1, 0.15) is 19.1 Å². The van der Waals surface area contributed by atoms with Crippen molar-refractivity contribution < 1.29 is 12.8 Å². The Balaban J connectivity index is 0.00000420. The number of halogens is 1. The predicted octanol–water partition coefficient (Wildman–Crippen LogP) is 3.59. The minimum Gasteiger partial charge on any atom is -0.469 e. The maximum atomic E-state index is 11.4. The molecule has 2 aromatic rings. The lowest BCUT2D eigenvalue weighted by molar-refractivity contribution is 0.510. The predicted molar refractivity (Wildman–Crippen MR) is 132 cm³/mol. The first kappa shape index (κ1) is 25.8. The summed E-state index contributed by atoms with van der Waals surface area (Å²) in [5, 5.41) is 6.64. The van der Waals surface area contributed by atoms with Crippen LogP contribution in [0, 0.1) is 0 Å². The van der Waals surface area contributed by atoms with Crippen LogP contribution in [0.5, 0.6) is 0 Å². The Bertz CT molecular complexity index is 813. The summed E-state index contributed by atoms with van der Waals surface area (Å²) < 4.78 is 28.1. The molecule has 0 aliphatic heterocycles. The summed E-state index contributed by atoms with van der Waals surface area (Å²) >= 11 is 1.78. The summed E-state index contributed by atoms with van der Waals surface area (Å²) in [6.07, 6.45) is 4.18. The lowest BCUT2D eigenvalue weighted by atomic mass is 10.3. The quantitative estimate of drug-likeness (QED) is 0.146. The molecule has 29 heavy (non-hydrogen) atoms. The van der Waals surface area contributed by atoms with Crippen LogP contribution in [0.15, 0.2) is 63.0 Å². The van der Waals surface area contributed by atoms with Crippen LogP contribution in [-0.2, 0) is 16.3 Å². The third-order valence-corrected chi connectivity index (χ3v) is 5.91. The van der Waals surface area contributed by atoms with Crippen LogP contribution in [0.4, 0.5) is 0 Å². The molecule has 2 rings (SSSR count). The van der Waals surface area contributed by atoms with E-state index in [4.69, 9.17) is 4.42 Å². The van der Waals surface area contributed by atoms with E-state index >= 15 is 0 Å². The molecule has 6 nitrogen and oxygen atoms in total. The van der Waals surface area contributed by atoms with E-state index in [1.54, 1.807) is 18.0 Å². The molecule has 0 saturated heterocycles. The third-order valence-electron chi connectivity index (χ3n) is 3.92. The van der Waals surface area contributed by atoms with Gasteiger partial charge >= 0.3 is 0 Å². The van der Waals surface area contributed by atoms with Crippen molar-refractivity contribution in [3.05, 3.63) is 54.5 Å². The van der Waals surface area contributed by atoms with Gasteiger partial charge in [-0.1, -0.05) is 18.2 Å². The fourth-order valence-corrected chi connectivity index (χ4v) is 4.01. The Morgan fingerprint density at radius 1 is 1.21 bits per heavy atom. The van der Waals surface area contributed by atoms with Gasteiger partial charge in [-0.05, 0) is 37.6 Å². The standard InChI is InChI=1S/C20H29N3O3S2.HI/c1-17(11-16-28(2,24)25)23-20(21-12-10-18-7-6-14-26-18)22-13-15-27-19-8-4-3-5-9-19;/h3-9,14,17H,10-13,15-16H2,1-2H3,(H2,21,22,23);1H. The zero-order valence-corrected chi connectivity index (χ0v) is 20.8. The zero-order valence-electron chi connectivity index (χ0n) is 16.8. The minimum atomic E-state index is -2.97. The van der Waals surface area contributed by atoms with Gasteiger partial charge in [-0.15, -0.1) is 35.7 Å². The van der Waals surface area contributed by atoms with Gasteiger partial charge in [0.2, 0.25) is 0 Å². The van der Waals surface area contributed by atoms with Gasteiger partial charge in [0.1, 0.15) is 15.6 Å². The monoisotopic (exact) mass is 551 g/mol. The number of sulfone groups is 1. The molecule has 0 radical (unpaired) electrons. The second kappa shape index (κ2) is 13.9. The van der Waals surface area contributed by atoms with Crippen molar-refractivity contribution in [2.24, 2.45) is 4.99 Å². The van der Waals surface area contributed by atoms with E-state index in [1.807, 2.05) is 37.3 Å². The molecule has 1 heterocycles. The second-order valence-corrected chi connectivity index (χ2v) is 10.0. The van der Waals surface area contributed by atoms with Crippen LogP contribution >= 0.6 is 35.7 Å². The first-order chi connectivity index (χ1) is 13.4. The average Bonchev–Trinajstić information content (AvgIpc) is 3.17. The first-order valence-corrected chi connectivity index (χ1v) is 12.4. The number of benzene rings is 1. The molecule has 9 heteroatoms. The minimum absolute atomic E-state index is 0. The topological polar surface area (TPSA) is 83.7 Å². The fourth-order valence-electron chi connectivity index (χ4n) is 2.44. The van der Waals surface area contributed by atoms with Crippen molar-refractivity contribution in [3.8, 4) is 0 Å². The van der Waals surface area contributed by atoms with Gasteiger partial charge in [-0.3, -0.25) is 4.99 Å². The molecular formula is C20H30IN3O3S2. The smallest absolute Gasteiger partial charge is 0.191 e. The van der Waals surface area contributed by atoms with Gasteiger partial charge in [0.15, 0.2) is 5.96 Å². The molecule has 1 aromatic heterocycles. The molecule has 0 saturated carbocycles. The summed E-state index contributed by atoms with van der Waals surface area (Å²) in [5.74, 6) is 2.65. The molecule has 0 aliphatic rings. The normalized spacial score (nSPS) is 12.8. The van der Waals surface area contributed by atoms with Crippen LogP contribution in [0.25, 0.3) is 0 Å². The molecule has 0 bridgehead atoms. The molecule has 1 unspecified atom stereocenters. The molecule has 0 fully saturated rings. The zero-order chi connectivity index (χ0) is 20.2. The number of nitrogens with one attached hydrogen (secondary N) is 2. The van der Waals surface area contributed by atoms with E-state index in [0.29, 0.717) is 18.9 Å². The van der Waals surface area contributed by atoms with Gasteiger partial charge in [0, 0.05) is 42.5 Å². The van der Waals surface area contributed by atoms with Crippen LogP contribution < -0.4 is 10.6 Å². The van der Waals surface area contributed by atoms with E-state index in [-0.39, 0.29) is 35.8 Å². The van der Waals surface area contributed by atoms with Gasteiger partial charge < -0.3 is 15.1 Å². The molecule has 162 valence electrons. The Labute approximate surface area is 195 Å². The molecule has 1 aromatic carbocycles. The summed E-state index contributed by atoms with van der Waals surface area (Å²) in [7, 11) is -2.97. The van der Waals surface area contributed by atoms with E-state index in [2.05, 4.69) is 27.8 Å². The van der Waals surface area contributed by atoms with Crippen molar-refractivity contribution in [2.45, 2.75) is 30.7 Å². The number of nitrogens with zero attached hydrogens (tertiary/aromatic N) is 1. The van der Waals surface area contributed by atoms with Gasteiger partial charge in [0.25, 0.3) is 0 Å². The van der Waals surface area contributed by atoms with E-state index in [9.17, 15) is 8.42 Å². The number of hydrogen-bond donors (Lipinski definition) is 2. The highest BCUT2D eigenvalue weighted by Gasteiger charge is 2.10. The van der Waals surface area contributed by atoms with Crippen molar-refractivity contribution >= 4 is 51.5 Å². The Kier molecular flexibility index (Phi) is 12.4. The molecule has 0 amide bonds. The highest BCUT2D eigenvalue weighted by atomic mass is 127. The van der Waals surface area contributed by atoms with Crippen LogP contribution in [-0.4, -0.2) is 51.3 Å². The summed E-state index contributed by atoms with van der Waals surface area (Å²) in [5.41, 5.74) is 0. The lowest BCUT2D eigenvalue weighted by Gasteiger charge is -2.18. The second-order valence-electron chi connectivity index (χ2n) is 6.61. The Morgan fingerprint density at radius 2 is 1.97 bits per heavy atom. The summed E-state index contributed by atoms with van der Waals surface area (Å²) in [6.45, 7) is 3.31. The van der Waals surface area contributed by atoms with Crippen molar-refractivity contribution in [1.29, 1.82) is 0 Å². The van der Waals surface area contributed by atoms with Gasteiger partial charge in [0.05, 0.1) is 12.0 Å². The van der Waals surface area contributed by atoms with Crippen LogP contribution in [0.2, 0.25) is 0 Å². The molecule has 0 spiro atoms. The Hall–Kier alpha value is -1.20. The average molecular weight is 552 g/mol. The van der Waals surface area contributed by atoms with Crippen LogP contribution in [0.3, 0.4) is 0 Å². The fraction of sp³-hybridized carbons (Fsp3) is 0.450. The van der Waals surface area contributed by atoms with Crippen molar-refractivity contribution in [2.75, 3.05) is 30.9 Å². The number of hydrogen-bond acceptors (Lipinski definition) is 5. The number of rotatable bonds is 11. The number of thioether (sulfide) groups is 1. The van der Waals surface area contributed by atoms with Gasteiger partial charge in [-0.25, -0.2) is 8.42 Å². The van der Waals surface area contributed by atoms with Gasteiger partial charge in [-0.2, -0.15) is 0 Å². The first-order valence-electron chi connectivity index (χ1n) is 9.35. The lowest BCUT2D eigenvalue weighted by Crippen LogP contribution is -2.43. The summed E-state index contributed by atoms with van der Waals surface area (Å²) in [6, 6.07) is 14.1. The molecule has 1 atom stereocenters. The number of furan rings is 1. The number of aliphatic imine (C=N–C) groups is 1. The van der Waals surface area contributed by atoms with E-state index < -0.39 is 9.84 Å². The molecule has 0 aliphatic carbocycles. The largest absolute Gasteiger partial charge is 0.469 e. The Morgan fingerprint density at radius 3 is 2.62 bits per heavy atom. The highest BCUT2D eigenvalue weighted by Crippen LogP contribution is 2.15. The summed E-state index contributed by atoms with van der Waals surface area (Å²) in [4.78, 5) is 5.83. The maximum Gasteiger partial charge on any atom is 0.191 e. The maximum absolute atomic E-state index is 11.4.